The lowest BCUT2D eigenvalue weighted by Gasteiger charge is -2.23. The van der Waals surface area contributed by atoms with Gasteiger partial charge < -0.3 is 19.5 Å². The third kappa shape index (κ3) is 4.48. The Hall–Kier alpha value is -2.74. The van der Waals surface area contributed by atoms with Crippen LogP contribution in [0.5, 0.6) is 0 Å². The Labute approximate surface area is 169 Å². The van der Waals surface area contributed by atoms with Crippen molar-refractivity contribution in [3.8, 4) is 0 Å². The van der Waals surface area contributed by atoms with Crippen molar-refractivity contribution >= 4 is 11.9 Å². The number of pyridine rings is 1. The van der Waals surface area contributed by atoms with Gasteiger partial charge in [-0.1, -0.05) is 0 Å². The summed E-state index contributed by atoms with van der Waals surface area (Å²) >= 11 is 0. The van der Waals surface area contributed by atoms with Crippen LogP contribution in [0.1, 0.15) is 48.2 Å². The van der Waals surface area contributed by atoms with Crippen molar-refractivity contribution in [2.75, 3.05) is 31.2 Å². The van der Waals surface area contributed by atoms with Crippen LogP contribution in [-0.2, 0) is 11.3 Å². The monoisotopic (exact) mass is 397 g/mol. The lowest BCUT2D eigenvalue weighted by atomic mass is 9.96. The molecule has 1 N–H and O–H groups in total. The molecule has 0 aromatic carbocycles. The van der Waals surface area contributed by atoms with E-state index < -0.39 is 0 Å². The Morgan fingerprint density at radius 2 is 2.10 bits per heavy atom. The quantitative estimate of drug-likeness (QED) is 0.824. The van der Waals surface area contributed by atoms with E-state index in [-0.39, 0.29) is 17.5 Å². The smallest absolute Gasteiger partial charge is 0.251 e. The summed E-state index contributed by atoms with van der Waals surface area (Å²) in [5.74, 6) is 0.930. The number of amides is 1. The molecule has 2 aliphatic rings. The molecule has 2 aromatic heterocycles. The number of carbonyl (C=O) groups excluding carboxylic acids is 1. The minimum Gasteiger partial charge on any atom is -0.381 e. The van der Waals surface area contributed by atoms with E-state index in [4.69, 9.17) is 9.72 Å². The summed E-state index contributed by atoms with van der Waals surface area (Å²) in [6, 6.07) is 5.08. The lowest BCUT2D eigenvalue weighted by Crippen LogP contribution is -2.38. The van der Waals surface area contributed by atoms with Crippen LogP contribution in [0, 0.1) is 0 Å². The highest BCUT2D eigenvalue weighted by molar-refractivity contribution is 5.94. The molecule has 29 heavy (non-hydrogen) atoms. The molecule has 0 spiro atoms. The molecule has 2 fully saturated rings. The molecule has 0 saturated carbocycles. The number of aryl methyl sites for hydroxylation is 1. The SMILES string of the molecule is CCn1ccc(C(=O)NC2CCN(c3nccc(C4CCOCC4)n3)C2)cc1=O. The number of anilines is 1. The van der Waals surface area contributed by atoms with E-state index in [2.05, 4.69) is 15.2 Å². The third-order valence-electron chi connectivity index (χ3n) is 5.71. The number of hydrogen-bond acceptors (Lipinski definition) is 6. The van der Waals surface area contributed by atoms with E-state index in [0.29, 0.717) is 24.6 Å². The third-order valence-corrected chi connectivity index (χ3v) is 5.71. The maximum absolute atomic E-state index is 12.5. The molecule has 2 aliphatic heterocycles. The fourth-order valence-corrected chi connectivity index (χ4v) is 3.97. The molecule has 1 amide bonds. The topological polar surface area (TPSA) is 89.3 Å². The molecule has 1 atom stereocenters. The van der Waals surface area contributed by atoms with Gasteiger partial charge in [-0.3, -0.25) is 9.59 Å². The molecule has 2 aromatic rings. The molecule has 8 heteroatoms. The fraction of sp³-hybridized carbons (Fsp3) is 0.524. The zero-order chi connectivity index (χ0) is 20.2. The van der Waals surface area contributed by atoms with E-state index in [1.54, 1.807) is 16.8 Å². The number of aromatic nitrogens is 3. The minimum atomic E-state index is -0.214. The van der Waals surface area contributed by atoms with Crippen LogP contribution in [0.2, 0.25) is 0 Å². The second-order valence-electron chi connectivity index (χ2n) is 7.61. The van der Waals surface area contributed by atoms with Gasteiger partial charge in [-0.05, 0) is 38.3 Å². The molecule has 1 unspecified atom stereocenters. The van der Waals surface area contributed by atoms with E-state index in [1.807, 2.05) is 19.2 Å². The van der Waals surface area contributed by atoms with Gasteiger partial charge >= 0.3 is 0 Å². The fourth-order valence-electron chi connectivity index (χ4n) is 3.97. The summed E-state index contributed by atoms with van der Waals surface area (Å²) in [6.07, 6.45) is 6.29. The summed E-state index contributed by atoms with van der Waals surface area (Å²) in [4.78, 5) is 35.8. The van der Waals surface area contributed by atoms with Crippen molar-refractivity contribution in [1.82, 2.24) is 19.9 Å². The van der Waals surface area contributed by atoms with Gasteiger partial charge in [-0.15, -0.1) is 0 Å². The van der Waals surface area contributed by atoms with Gasteiger partial charge in [0.05, 0.1) is 0 Å². The first-order chi connectivity index (χ1) is 14.1. The molecule has 0 aliphatic carbocycles. The second-order valence-corrected chi connectivity index (χ2v) is 7.61. The van der Waals surface area contributed by atoms with Crippen LogP contribution < -0.4 is 15.8 Å². The van der Waals surface area contributed by atoms with Gasteiger partial charge in [0.25, 0.3) is 11.5 Å². The van der Waals surface area contributed by atoms with Crippen molar-refractivity contribution in [3.05, 3.63) is 52.2 Å². The summed E-state index contributed by atoms with van der Waals surface area (Å²) in [5.41, 5.74) is 1.31. The number of hydrogen-bond donors (Lipinski definition) is 1. The summed E-state index contributed by atoms with van der Waals surface area (Å²) in [6.45, 7) is 5.50. The standard InChI is InChI=1S/C21H27N5O3/c1-2-25-9-4-16(13-19(25)27)20(28)23-17-5-10-26(14-17)21-22-8-3-18(24-21)15-6-11-29-12-7-15/h3-4,8-9,13,15,17H,2,5-7,10-12,14H2,1H3,(H,23,28). The van der Waals surface area contributed by atoms with Crippen molar-refractivity contribution in [1.29, 1.82) is 0 Å². The molecular weight excluding hydrogens is 370 g/mol. The van der Waals surface area contributed by atoms with Gasteiger partial charge in [-0.25, -0.2) is 9.97 Å². The zero-order valence-corrected chi connectivity index (χ0v) is 16.7. The minimum absolute atomic E-state index is 0.00597. The number of ether oxygens (including phenoxy) is 1. The number of nitrogens with zero attached hydrogens (tertiary/aromatic N) is 4. The highest BCUT2D eigenvalue weighted by Crippen LogP contribution is 2.26. The second kappa shape index (κ2) is 8.73. The number of nitrogens with one attached hydrogen (secondary N) is 1. The van der Waals surface area contributed by atoms with Crippen molar-refractivity contribution < 1.29 is 9.53 Å². The molecule has 4 rings (SSSR count). The Bertz CT molecular complexity index is 923. The van der Waals surface area contributed by atoms with Crippen molar-refractivity contribution in [2.24, 2.45) is 0 Å². The highest BCUT2D eigenvalue weighted by atomic mass is 16.5. The number of carbonyl (C=O) groups is 1. The van der Waals surface area contributed by atoms with Gasteiger partial charge in [-0.2, -0.15) is 0 Å². The van der Waals surface area contributed by atoms with Gasteiger partial charge in [0, 0.05) is 74.5 Å². The average Bonchev–Trinajstić information content (AvgIpc) is 3.23. The van der Waals surface area contributed by atoms with E-state index in [9.17, 15) is 9.59 Å². The van der Waals surface area contributed by atoms with Crippen LogP contribution in [0.15, 0.2) is 35.4 Å². The zero-order valence-electron chi connectivity index (χ0n) is 16.7. The molecular formula is C21H27N5O3. The maximum Gasteiger partial charge on any atom is 0.251 e. The van der Waals surface area contributed by atoms with Crippen LogP contribution in [0.3, 0.4) is 0 Å². The first kappa shape index (κ1) is 19.6. The summed E-state index contributed by atoms with van der Waals surface area (Å²) in [5, 5.41) is 3.04. The first-order valence-corrected chi connectivity index (χ1v) is 10.3. The average molecular weight is 397 g/mol. The van der Waals surface area contributed by atoms with E-state index in [1.165, 1.54) is 6.07 Å². The van der Waals surface area contributed by atoms with Crippen molar-refractivity contribution in [3.63, 3.8) is 0 Å². The maximum atomic E-state index is 12.5. The highest BCUT2D eigenvalue weighted by Gasteiger charge is 2.27. The van der Waals surface area contributed by atoms with Crippen LogP contribution in [-0.4, -0.2) is 52.8 Å². The predicted molar refractivity (Wildman–Crippen MR) is 109 cm³/mol. The largest absolute Gasteiger partial charge is 0.381 e. The molecule has 0 radical (unpaired) electrons. The summed E-state index contributed by atoms with van der Waals surface area (Å²) in [7, 11) is 0. The van der Waals surface area contributed by atoms with Crippen LogP contribution in [0.25, 0.3) is 0 Å². The van der Waals surface area contributed by atoms with Crippen LogP contribution >= 0.6 is 0 Å². The Kier molecular flexibility index (Phi) is 5.89. The Balaban J connectivity index is 1.38. The van der Waals surface area contributed by atoms with Gasteiger partial charge in [0.15, 0.2) is 0 Å². The molecule has 8 nitrogen and oxygen atoms in total. The molecule has 0 bridgehead atoms. The van der Waals surface area contributed by atoms with Crippen molar-refractivity contribution in [2.45, 2.75) is 44.7 Å². The van der Waals surface area contributed by atoms with Crippen LogP contribution in [0.4, 0.5) is 5.95 Å². The van der Waals surface area contributed by atoms with E-state index >= 15 is 0 Å². The summed E-state index contributed by atoms with van der Waals surface area (Å²) < 4.78 is 7.01. The Morgan fingerprint density at radius 1 is 1.28 bits per heavy atom. The molecule has 2 saturated heterocycles. The van der Waals surface area contributed by atoms with Gasteiger partial charge in [0.2, 0.25) is 5.95 Å². The van der Waals surface area contributed by atoms with Gasteiger partial charge in [0.1, 0.15) is 0 Å². The number of rotatable bonds is 5. The first-order valence-electron chi connectivity index (χ1n) is 10.3. The predicted octanol–water partition coefficient (Wildman–Crippen LogP) is 1.56. The molecule has 4 heterocycles. The Morgan fingerprint density at radius 3 is 2.86 bits per heavy atom. The normalized spacial score (nSPS) is 20.0. The van der Waals surface area contributed by atoms with E-state index in [0.717, 1.165) is 50.7 Å². The lowest BCUT2D eigenvalue weighted by molar-refractivity contribution is 0.0845. The molecule has 154 valence electrons.